The lowest BCUT2D eigenvalue weighted by atomic mass is 9.97. The molecule has 1 aromatic carbocycles. The SMILES string of the molecule is CCN1CC2CCC1(c1nc3c(C(N)=O)cccc3o1)C2. The highest BCUT2D eigenvalue weighted by Gasteiger charge is 2.54. The second-order valence-corrected chi connectivity index (χ2v) is 6.21. The smallest absolute Gasteiger partial charge is 0.251 e. The van der Waals surface area contributed by atoms with E-state index in [0.29, 0.717) is 16.7 Å². The van der Waals surface area contributed by atoms with Crippen molar-refractivity contribution in [3.05, 3.63) is 29.7 Å². The largest absolute Gasteiger partial charge is 0.439 e. The topological polar surface area (TPSA) is 72.4 Å². The molecule has 1 aliphatic carbocycles. The monoisotopic (exact) mass is 285 g/mol. The minimum absolute atomic E-state index is 0.0760. The molecule has 1 saturated heterocycles. The van der Waals surface area contributed by atoms with E-state index in [1.54, 1.807) is 12.1 Å². The number of carbonyl (C=O) groups is 1. The highest BCUT2D eigenvalue weighted by Crippen LogP contribution is 2.52. The third-order valence-corrected chi connectivity index (χ3v) is 5.14. The molecule has 4 rings (SSSR count). The minimum atomic E-state index is -0.457. The molecule has 5 nitrogen and oxygen atoms in total. The first-order valence-corrected chi connectivity index (χ1v) is 7.59. The number of carbonyl (C=O) groups excluding carboxylic acids is 1. The molecule has 2 aromatic rings. The second kappa shape index (κ2) is 4.31. The van der Waals surface area contributed by atoms with Gasteiger partial charge in [-0.2, -0.15) is 0 Å². The lowest BCUT2D eigenvalue weighted by Gasteiger charge is -2.35. The van der Waals surface area contributed by atoms with Crippen LogP contribution >= 0.6 is 0 Å². The van der Waals surface area contributed by atoms with E-state index in [4.69, 9.17) is 10.2 Å². The molecule has 1 aromatic heterocycles. The van der Waals surface area contributed by atoms with E-state index in [0.717, 1.165) is 37.7 Å². The number of oxazole rings is 1. The molecule has 0 spiro atoms. The van der Waals surface area contributed by atoms with Gasteiger partial charge in [0, 0.05) is 6.54 Å². The van der Waals surface area contributed by atoms with Gasteiger partial charge in [-0.15, -0.1) is 0 Å². The van der Waals surface area contributed by atoms with E-state index in [1.807, 2.05) is 6.07 Å². The molecular formula is C16H19N3O2. The molecule has 2 atom stereocenters. The average Bonchev–Trinajstić information content (AvgIpc) is 3.17. The van der Waals surface area contributed by atoms with Gasteiger partial charge in [0.25, 0.3) is 5.91 Å². The first-order chi connectivity index (χ1) is 10.1. The van der Waals surface area contributed by atoms with Crippen molar-refractivity contribution in [2.24, 2.45) is 11.7 Å². The summed E-state index contributed by atoms with van der Waals surface area (Å²) in [5, 5.41) is 0. The molecule has 2 aliphatic rings. The molecule has 2 heterocycles. The van der Waals surface area contributed by atoms with Crippen molar-refractivity contribution in [2.45, 2.75) is 31.7 Å². The maximum absolute atomic E-state index is 11.6. The number of hydrogen-bond acceptors (Lipinski definition) is 4. The molecule has 2 unspecified atom stereocenters. The molecule has 21 heavy (non-hydrogen) atoms. The predicted molar refractivity (Wildman–Crippen MR) is 78.8 cm³/mol. The maximum Gasteiger partial charge on any atom is 0.251 e. The van der Waals surface area contributed by atoms with E-state index in [9.17, 15) is 4.79 Å². The Morgan fingerprint density at radius 2 is 2.43 bits per heavy atom. The van der Waals surface area contributed by atoms with Crippen LogP contribution in [-0.2, 0) is 5.54 Å². The highest BCUT2D eigenvalue weighted by molar-refractivity contribution is 6.03. The van der Waals surface area contributed by atoms with Crippen LogP contribution in [0.2, 0.25) is 0 Å². The standard InChI is InChI=1S/C16H19N3O2/c1-2-19-9-10-6-7-16(19,8-10)15-18-13-11(14(17)20)4-3-5-12(13)21-15/h3-5,10H,2,6-9H2,1H3,(H2,17,20). The summed E-state index contributed by atoms with van der Waals surface area (Å²) in [5.41, 5.74) is 7.05. The summed E-state index contributed by atoms with van der Waals surface area (Å²) >= 11 is 0. The van der Waals surface area contributed by atoms with Gasteiger partial charge in [0.2, 0.25) is 5.89 Å². The van der Waals surface area contributed by atoms with Crippen LogP contribution in [-0.4, -0.2) is 28.9 Å². The lowest BCUT2D eigenvalue weighted by Crippen LogP contribution is -2.42. The number of rotatable bonds is 3. The Morgan fingerprint density at radius 1 is 1.57 bits per heavy atom. The van der Waals surface area contributed by atoms with E-state index in [1.165, 1.54) is 6.42 Å². The van der Waals surface area contributed by atoms with Crippen LogP contribution in [0, 0.1) is 5.92 Å². The Balaban J connectivity index is 1.88. The van der Waals surface area contributed by atoms with Gasteiger partial charge in [-0.1, -0.05) is 13.0 Å². The fraction of sp³-hybridized carbons (Fsp3) is 0.500. The first kappa shape index (κ1) is 12.8. The van der Waals surface area contributed by atoms with Crippen LogP contribution in [0.1, 0.15) is 42.4 Å². The number of nitrogens with zero attached hydrogens (tertiary/aromatic N) is 2. The van der Waals surface area contributed by atoms with Gasteiger partial charge in [-0.25, -0.2) is 4.98 Å². The van der Waals surface area contributed by atoms with Crippen molar-refractivity contribution in [1.29, 1.82) is 0 Å². The van der Waals surface area contributed by atoms with Gasteiger partial charge in [-0.05, 0) is 43.9 Å². The van der Waals surface area contributed by atoms with Gasteiger partial charge < -0.3 is 10.2 Å². The second-order valence-electron chi connectivity index (χ2n) is 6.21. The van der Waals surface area contributed by atoms with E-state index in [2.05, 4.69) is 16.8 Å². The van der Waals surface area contributed by atoms with Crippen molar-refractivity contribution >= 4 is 17.0 Å². The van der Waals surface area contributed by atoms with Gasteiger partial charge in [0.05, 0.1) is 11.1 Å². The molecule has 2 N–H and O–H groups in total. The van der Waals surface area contributed by atoms with Gasteiger partial charge in [-0.3, -0.25) is 9.69 Å². The van der Waals surface area contributed by atoms with Crippen molar-refractivity contribution in [2.75, 3.05) is 13.1 Å². The average molecular weight is 285 g/mol. The summed E-state index contributed by atoms with van der Waals surface area (Å²) in [6.45, 7) is 4.30. The first-order valence-electron chi connectivity index (χ1n) is 7.59. The number of benzene rings is 1. The number of primary amides is 1. The number of piperidine rings is 1. The normalized spacial score (nSPS) is 28.5. The van der Waals surface area contributed by atoms with Crippen molar-refractivity contribution in [3.63, 3.8) is 0 Å². The van der Waals surface area contributed by atoms with Crippen LogP contribution in [0.25, 0.3) is 11.1 Å². The van der Waals surface area contributed by atoms with E-state index >= 15 is 0 Å². The number of aromatic nitrogens is 1. The molecular weight excluding hydrogens is 266 g/mol. The predicted octanol–water partition coefficient (Wildman–Crippen LogP) is 2.26. The van der Waals surface area contributed by atoms with Gasteiger partial charge in [0.15, 0.2) is 5.58 Å². The zero-order valence-electron chi connectivity index (χ0n) is 12.1. The Kier molecular flexibility index (Phi) is 2.63. The molecule has 110 valence electrons. The minimum Gasteiger partial charge on any atom is -0.439 e. The molecule has 1 saturated carbocycles. The summed E-state index contributed by atoms with van der Waals surface area (Å²) in [6.07, 6.45) is 3.43. The fourth-order valence-corrected chi connectivity index (χ4v) is 4.16. The molecule has 5 heteroatoms. The lowest BCUT2D eigenvalue weighted by molar-refractivity contribution is 0.0949. The van der Waals surface area contributed by atoms with E-state index < -0.39 is 5.91 Å². The molecule has 2 fully saturated rings. The Bertz CT molecular complexity index is 723. The maximum atomic E-state index is 11.6. The number of para-hydroxylation sites is 1. The zero-order chi connectivity index (χ0) is 14.6. The summed E-state index contributed by atoms with van der Waals surface area (Å²) in [5.74, 6) is 1.05. The van der Waals surface area contributed by atoms with Crippen LogP contribution in [0.15, 0.2) is 22.6 Å². The van der Waals surface area contributed by atoms with Gasteiger partial charge in [0.1, 0.15) is 5.52 Å². The fourth-order valence-electron chi connectivity index (χ4n) is 4.16. The van der Waals surface area contributed by atoms with Crippen molar-refractivity contribution in [3.8, 4) is 0 Å². The van der Waals surface area contributed by atoms with Crippen LogP contribution < -0.4 is 5.73 Å². The third kappa shape index (κ3) is 1.67. The van der Waals surface area contributed by atoms with Crippen LogP contribution in [0.3, 0.4) is 0 Å². The molecule has 1 amide bonds. The summed E-state index contributed by atoms with van der Waals surface area (Å²) < 4.78 is 6.04. The Hall–Kier alpha value is -1.88. The molecule has 0 radical (unpaired) electrons. The van der Waals surface area contributed by atoms with E-state index in [-0.39, 0.29) is 5.54 Å². The summed E-state index contributed by atoms with van der Waals surface area (Å²) in [6, 6.07) is 5.35. The number of fused-ring (bicyclic) bond motifs is 3. The van der Waals surface area contributed by atoms with Crippen LogP contribution in [0.4, 0.5) is 0 Å². The zero-order valence-corrected chi connectivity index (χ0v) is 12.1. The number of amides is 1. The van der Waals surface area contributed by atoms with Crippen molar-refractivity contribution < 1.29 is 9.21 Å². The Labute approximate surface area is 123 Å². The molecule has 2 bridgehead atoms. The number of nitrogens with two attached hydrogens (primary N) is 1. The molecule has 1 aliphatic heterocycles. The van der Waals surface area contributed by atoms with Gasteiger partial charge >= 0.3 is 0 Å². The highest BCUT2D eigenvalue weighted by atomic mass is 16.4. The number of hydrogen-bond donors (Lipinski definition) is 1. The third-order valence-electron chi connectivity index (χ3n) is 5.14. The quantitative estimate of drug-likeness (QED) is 0.939. The van der Waals surface area contributed by atoms with Crippen molar-refractivity contribution in [1.82, 2.24) is 9.88 Å². The number of likely N-dealkylation sites (tertiary alicyclic amines) is 1. The summed E-state index contributed by atoms with van der Waals surface area (Å²) in [4.78, 5) is 18.7. The Morgan fingerprint density at radius 3 is 3.14 bits per heavy atom. The van der Waals surface area contributed by atoms with Crippen LogP contribution in [0.5, 0.6) is 0 Å². The summed E-state index contributed by atoms with van der Waals surface area (Å²) in [7, 11) is 0.